The van der Waals surface area contributed by atoms with Gasteiger partial charge >= 0.3 is 11.4 Å². The van der Waals surface area contributed by atoms with E-state index < -0.39 is 37.6 Å². The normalized spacial score (nSPS) is 14.8. The van der Waals surface area contributed by atoms with Crippen LogP contribution in [0.2, 0.25) is 0 Å². The zero-order valence-corrected chi connectivity index (χ0v) is 17.6. The first-order valence-corrected chi connectivity index (χ1v) is 9.80. The molecule has 12 nitrogen and oxygen atoms in total. The van der Waals surface area contributed by atoms with Crippen molar-refractivity contribution in [1.82, 2.24) is 4.90 Å². The topological polar surface area (TPSA) is 162 Å². The third-order valence-electron chi connectivity index (χ3n) is 4.87. The van der Waals surface area contributed by atoms with Crippen LogP contribution in [0.3, 0.4) is 0 Å². The number of nitro groups is 3. The number of nitrogens with zero attached hydrogens (tertiary/aromatic N) is 4. The Morgan fingerprint density at radius 2 is 1.41 bits per heavy atom. The number of hydrogen-bond donors (Lipinski definition) is 1. The monoisotopic (exact) mass is 448 g/mol. The molecule has 172 valence electrons. The predicted octanol–water partition coefficient (Wildman–Crippen LogP) is 3.83. The molecule has 2 aromatic rings. The highest BCUT2D eigenvalue weighted by atomic mass is 16.6. The molecule has 1 aliphatic heterocycles. The van der Waals surface area contributed by atoms with Gasteiger partial charge in [0.2, 0.25) is 0 Å². The Morgan fingerprint density at radius 1 is 0.906 bits per heavy atom. The molecule has 0 amide bonds. The van der Waals surface area contributed by atoms with Crippen molar-refractivity contribution in [1.29, 1.82) is 0 Å². The number of hydrogen-bond acceptors (Lipinski definition) is 9. The summed E-state index contributed by atoms with van der Waals surface area (Å²) in [6.07, 6.45) is 0. The van der Waals surface area contributed by atoms with Gasteiger partial charge in [-0.1, -0.05) is 44.2 Å². The fourth-order valence-electron chi connectivity index (χ4n) is 3.50. The summed E-state index contributed by atoms with van der Waals surface area (Å²) in [7, 11) is 0. The van der Waals surface area contributed by atoms with Crippen molar-refractivity contribution < 1.29 is 24.6 Å². The molecule has 0 saturated carbocycles. The minimum atomic E-state index is -1.21. The average molecular weight is 448 g/mol. The lowest BCUT2D eigenvalue weighted by molar-refractivity contribution is -0.404. The van der Waals surface area contributed by atoms with Crippen LogP contribution in [0.15, 0.2) is 42.5 Å². The summed E-state index contributed by atoms with van der Waals surface area (Å²) in [6, 6.07) is 12.2. The first-order valence-electron chi connectivity index (χ1n) is 9.80. The number of aromatic hydroxyl groups is 1. The number of morpholine rings is 1. The third kappa shape index (κ3) is 6.18. The molecule has 0 bridgehead atoms. The molecule has 1 N–H and O–H groups in total. The van der Waals surface area contributed by atoms with Crippen molar-refractivity contribution in [3.8, 4) is 5.75 Å². The number of non-ortho nitro benzene ring substituents is 1. The molecule has 0 aliphatic carbocycles. The minimum Gasteiger partial charge on any atom is -0.497 e. The molecule has 1 fully saturated rings. The summed E-state index contributed by atoms with van der Waals surface area (Å²) in [5.41, 5.74) is -1.57. The van der Waals surface area contributed by atoms with Gasteiger partial charge in [0.05, 0.1) is 40.1 Å². The summed E-state index contributed by atoms with van der Waals surface area (Å²) in [4.78, 5) is 30.3. The van der Waals surface area contributed by atoms with Gasteiger partial charge in [-0.2, -0.15) is 0 Å². The Kier molecular flexibility index (Phi) is 8.55. The number of ether oxygens (including phenoxy) is 1. The fraction of sp³-hybridized carbons (Fsp3) is 0.400. The lowest BCUT2D eigenvalue weighted by Crippen LogP contribution is -2.40. The molecule has 32 heavy (non-hydrogen) atoms. The standard InChI is InChI=1S/C14H21NO.C6H3N3O7/c1-12(2)14(13-6-4-3-5-7-13)15-8-10-16-11-9-15;10-6-4(8(13)14)1-3(7(11)12)2-5(6)9(15)16/h3-7,12,14H,8-11H2,1-2H3;1-2,10H. The molecule has 2 aromatic carbocycles. The van der Waals surface area contributed by atoms with Crippen LogP contribution in [-0.2, 0) is 4.74 Å². The maximum Gasteiger partial charge on any atom is 0.324 e. The highest BCUT2D eigenvalue weighted by Crippen LogP contribution is 2.39. The van der Waals surface area contributed by atoms with Crippen LogP contribution in [0.4, 0.5) is 17.1 Å². The van der Waals surface area contributed by atoms with Crippen LogP contribution in [0, 0.1) is 36.3 Å². The average Bonchev–Trinajstić information content (AvgIpc) is 2.75. The van der Waals surface area contributed by atoms with E-state index in [1.165, 1.54) is 5.56 Å². The van der Waals surface area contributed by atoms with E-state index in [1.54, 1.807) is 0 Å². The van der Waals surface area contributed by atoms with Gasteiger partial charge in [-0.15, -0.1) is 0 Å². The maximum atomic E-state index is 10.4. The molecule has 1 atom stereocenters. The second-order valence-electron chi connectivity index (χ2n) is 7.35. The molecule has 1 unspecified atom stereocenters. The zero-order valence-electron chi connectivity index (χ0n) is 17.6. The van der Waals surface area contributed by atoms with Crippen LogP contribution in [-0.4, -0.2) is 51.1 Å². The van der Waals surface area contributed by atoms with Crippen molar-refractivity contribution in [3.63, 3.8) is 0 Å². The molecule has 1 heterocycles. The first-order chi connectivity index (χ1) is 15.1. The molecule has 1 aliphatic rings. The molecule has 0 spiro atoms. The van der Waals surface area contributed by atoms with Gasteiger partial charge in [0, 0.05) is 19.1 Å². The second kappa shape index (κ2) is 11.1. The highest BCUT2D eigenvalue weighted by Gasteiger charge is 2.30. The number of rotatable bonds is 6. The largest absolute Gasteiger partial charge is 0.497 e. The minimum absolute atomic E-state index is 0.447. The molecule has 0 radical (unpaired) electrons. The SMILES string of the molecule is CC(C)C(c1ccccc1)N1CCOCC1.O=[N+]([O-])c1cc([N+](=O)[O-])c(O)c([N+](=O)[O-])c1. The summed E-state index contributed by atoms with van der Waals surface area (Å²) in [5.74, 6) is -0.568. The third-order valence-corrected chi connectivity index (χ3v) is 4.87. The molecule has 3 rings (SSSR count). The Balaban J connectivity index is 0.000000227. The van der Waals surface area contributed by atoms with E-state index in [9.17, 15) is 30.3 Å². The Hall–Kier alpha value is -3.64. The van der Waals surface area contributed by atoms with Crippen LogP contribution in [0.5, 0.6) is 5.75 Å². The van der Waals surface area contributed by atoms with Crippen molar-refractivity contribution in [2.75, 3.05) is 26.3 Å². The Bertz CT molecular complexity index is 926. The lowest BCUT2D eigenvalue weighted by atomic mass is 9.94. The van der Waals surface area contributed by atoms with Gasteiger partial charge < -0.3 is 9.84 Å². The van der Waals surface area contributed by atoms with Crippen molar-refractivity contribution in [2.24, 2.45) is 5.92 Å². The van der Waals surface area contributed by atoms with E-state index in [0.717, 1.165) is 26.3 Å². The second-order valence-corrected chi connectivity index (χ2v) is 7.35. The van der Waals surface area contributed by atoms with Crippen molar-refractivity contribution >= 4 is 17.1 Å². The number of phenolic OH excluding ortho intramolecular Hbond substituents is 1. The molecular weight excluding hydrogens is 424 g/mol. The number of nitro benzene ring substituents is 3. The summed E-state index contributed by atoms with van der Waals surface area (Å²) < 4.78 is 5.42. The van der Waals surface area contributed by atoms with Crippen LogP contribution in [0.25, 0.3) is 0 Å². The molecule has 12 heteroatoms. The number of phenols is 1. The fourth-order valence-corrected chi connectivity index (χ4v) is 3.50. The quantitative estimate of drug-likeness (QED) is 0.511. The molecule has 1 saturated heterocycles. The van der Waals surface area contributed by atoms with E-state index in [-0.39, 0.29) is 0 Å². The van der Waals surface area contributed by atoms with Crippen molar-refractivity contribution in [3.05, 3.63) is 78.4 Å². The Labute approximate surface area is 183 Å². The summed E-state index contributed by atoms with van der Waals surface area (Å²) in [5, 5.41) is 40.2. The van der Waals surface area contributed by atoms with Crippen LogP contribution in [0.1, 0.15) is 25.5 Å². The van der Waals surface area contributed by atoms with E-state index in [0.29, 0.717) is 24.1 Å². The Morgan fingerprint density at radius 3 is 1.81 bits per heavy atom. The van der Waals surface area contributed by atoms with Gasteiger partial charge in [-0.3, -0.25) is 35.2 Å². The van der Waals surface area contributed by atoms with Gasteiger partial charge in [-0.25, -0.2) is 0 Å². The van der Waals surface area contributed by atoms with Gasteiger partial charge in [0.15, 0.2) is 0 Å². The molecular formula is C20H24N4O8. The number of benzene rings is 2. The summed E-state index contributed by atoms with van der Waals surface area (Å²) >= 11 is 0. The van der Waals surface area contributed by atoms with E-state index in [2.05, 4.69) is 49.1 Å². The lowest BCUT2D eigenvalue weighted by Gasteiger charge is -2.37. The van der Waals surface area contributed by atoms with Crippen LogP contribution < -0.4 is 0 Å². The van der Waals surface area contributed by atoms with E-state index >= 15 is 0 Å². The van der Waals surface area contributed by atoms with Crippen molar-refractivity contribution in [2.45, 2.75) is 19.9 Å². The predicted molar refractivity (Wildman–Crippen MR) is 114 cm³/mol. The maximum absolute atomic E-state index is 10.4. The highest BCUT2D eigenvalue weighted by molar-refractivity contribution is 5.64. The van der Waals surface area contributed by atoms with E-state index in [4.69, 9.17) is 9.84 Å². The first kappa shape index (κ1) is 24.6. The van der Waals surface area contributed by atoms with Gasteiger partial charge in [0.25, 0.3) is 11.4 Å². The van der Waals surface area contributed by atoms with Crippen LogP contribution >= 0.6 is 0 Å². The molecule has 0 aromatic heterocycles. The van der Waals surface area contributed by atoms with Gasteiger partial charge in [0.1, 0.15) is 0 Å². The zero-order chi connectivity index (χ0) is 23.8. The van der Waals surface area contributed by atoms with E-state index in [1.807, 2.05) is 0 Å². The summed E-state index contributed by atoms with van der Waals surface area (Å²) in [6.45, 7) is 8.45. The smallest absolute Gasteiger partial charge is 0.324 e. The van der Waals surface area contributed by atoms with Gasteiger partial charge in [-0.05, 0) is 11.5 Å².